The minimum atomic E-state index is -0.237. The molecule has 0 heterocycles. The van der Waals surface area contributed by atoms with Crippen LogP contribution in [-0.4, -0.2) is 38.2 Å². The highest BCUT2D eigenvalue weighted by atomic mass is 16.2. The molecule has 0 bridgehead atoms. The van der Waals surface area contributed by atoms with Crippen molar-refractivity contribution in [3.8, 4) is 23.7 Å². The highest BCUT2D eigenvalue weighted by Gasteiger charge is 1.99. The van der Waals surface area contributed by atoms with Gasteiger partial charge in [-0.1, -0.05) is 39.5 Å². The predicted molar refractivity (Wildman–Crippen MR) is 88.0 cm³/mol. The molecule has 0 aromatic rings. The smallest absolute Gasteiger partial charge is 0.315 e. The second-order valence-corrected chi connectivity index (χ2v) is 5.52. The van der Waals surface area contributed by atoms with Crippen LogP contribution in [-0.2, 0) is 0 Å². The summed E-state index contributed by atoms with van der Waals surface area (Å²) in [5.74, 6) is 11.4. The van der Waals surface area contributed by atoms with Crippen LogP contribution in [0, 0.1) is 35.5 Å². The Kier molecular flexibility index (Phi) is 11.1. The largest absolute Gasteiger partial charge is 0.338 e. The van der Waals surface area contributed by atoms with E-state index < -0.39 is 0 Å². The van der Waals surface area contributed by atoms with E-state index in [0.717, 1.165) is 0 Å². The van der Waals surface area contributed by atoms with E-state index in [1.54, 1.807) is 0 Å². The van der Waals surface area contributed by atoms with E-state index in [-0.39, 0.29) is 25.2 Å². The van der Waals surface area contributed by atoms with Gasteiger partial charge in [0.15, 0.2) is 0 Å². The van der Waals surface area contributed by atoms with Crippen LogP contribution < -0.4 is 21.3 Å². The van der Waals surface area contributed by atoms with Crippen LogP contribution in [0.3, 0.4) is 0 Å². The summed E-state index contributed by atoms with van der Waals surface area (Å²) in [6.45, 7) is 9.81. The summed E-state index contributed by atoms with van der Waals surface area (Å²) in [7, 11) is 0. The fraction of sp³-hybridized carbons (Fsp3) is 0.625. The Morgan fingerprint density at radius 3 is 1.41 bits per heavy atom. The average molecular weight is 306 g/mol. The summed E-state index contributed by atoms with van der Waals surface area (Å²) in [6.07, 6.45) is 0. The van der Waals surface area contributed by atoms with Gasteiger partial charge in [0.1, 0.15) is 0 Å². The van der Waals surface area contributed by atoms with Gasteiger partial charge in [0.25, 0.3) is 0 Å². The normalized spacial score (nSPS) is 9.18. The molecule has 122 valence electrons. The molecule has 0 rings (SSSR count). The lowest BCUT2D eigenvalue weighted by Crippen LogP contribution is -2.37. The standard InChI is InChI=1S/C16H26N4O2/c1-13(2)11-19-15(21)17-9-7-5-6-8-10-18-16(22)20-12-14(3)4/h13-14H,9-12H2,1-4H3,(H2,17,19,21)(H2,18,20,22). The van der Waals surface area contributed by atoms with Gasteiger partial charge in [-0.3, -0.25) is 0 Å². The third kappa shape index (κ3) is 14.1. The topological polar surface area (TPSA) is 82.3 Å². The van der Waals surface area contributed by atoms with Gasteiger partial charge in [-0.15, -0.1) is 0 Å². The SMILES string of the molecule is CC(C)CNC(=O)NCC#CC#CCNC(=O)NCC(C)C. The Hall–Kier alpha value is -2.34. The van der Waals surface area contributed by atoms with Crippen molar-refractivity contribution in [2.45, 2.75) is 27.7 Å². The Labute approximate surface area is 133 Å². The van der Waals surface area contributed by atoms with Gasteiger partial charge in [-0.2, -0.15) is 0 Å². The molecule has 0 atom stereocenters. The number of urea groups is 2. The zero-order valence-corrected chi connectivity index (χ0v) is 13.8. The Morgan fingerprint density at radius 1 is 0.727 bits per heavy atom. The molecule has 22 heavy (non-hydrogen) atoms. The van der Waals surface area contributed by atoms with Crippen LogP contribution >= 0.6 is 0 Å². The Morgan fingerprint density at radius 2 is 1.09 bits per heavy atom. The first-order valence-electron chi connectivity index (χ1n) is 7.41. The molecule has 6 heteroatoms. The van der Waals surface area contributed by atoms with Gasteiger partial charge < -0.3 is 21.3 Å². The molecule has 0 aliphatic carbocycles. The van der Waals surface area contributed by atoms with Crippen LogP contribution in [0.1, 0.15) is 27.7 Å². The summed E-state index contributed by atoms with van der Waals surface area (Å²) >= 11 is 0. The molecule has 0 aromatic carbocycles. The molecule has 0 radical (unpaired) electrons. The van der Waals surface area contributed by atoms with E-state index in [9.17, 15) is 9.59 Å². The van der Waals surface area contributed by atoms with Gasteiger partial charge in [0, 0.05) is 13.1 Å². The molecule has 0 aliphatic heterocycles. The maximum atomic E-state index is 11.3. The average Bonchev–Trinajstić information content (AvgIpc) is 2.45. The first-order chi connectivity index (χ1) is 10.4. The Bertz CT molecular complexity index is 420. The minimum Gasteiger partial charge on any atom is -0.338 e. The molecule has 4 amide bonds. The van der Waals surface area contributed by atoms with Crippen molar-refractivity contribution in [2.75, 3.05) is 26.2 Å². The zero-order chi connectivity index (χ0) is 16.8. The molecule has 6 nitrogen and oxygen atoms in total. The highest BCUT2D eigenvalue weighted by Crippen LogP contribution is 1.86. The summed E-state index contributed by atoms with van der Waals surface area (Å²) in [5, 5.41) is 10.6. The number of hydrogen-bond acceptors (Lipinski definition) is 2. The second kappa shape index (κ2) is 12.4. The molecule has 0 fully saturated rings. The van der Waals surface area contributed by atoms with Crippen molar-refractivity contribution in [3.05, 3.63) is 0 Å². The number of nitrogens with one attached hydrogen (secondary N) is 4. The Balaban J connectivity index is 3.71. The second-order valence-electron chi connectivity index (χ2n) is 5.52. The van der Waals surface area contributed by atoms with Gasteiger partial charge in [-0.05, 0) is 23.7 Å². The molecule has 0 spiro atoms. The van der Waals surface area contributed by atoms with Gasteiger partial charge in [0.2, 0.25) is 0 Å². The molecule has 0 saturated heterocycles. The summed E-state index contributed by atoms with van der Waals surface area (Å²) in [6, 6.07) is -0.473. The van der Waals surface area contributed by atoms with Crippen molar-refractivity contribution in [3.63, 3.8) is 0 Å². The molecule has 4 N–H and O–H groups in total. The molecular weight excluding hydrogens is 280 g/mol. The number of hydrogen-bond donors (Lipinski definition) is 4. The maximum Gasteiger partial charge on any atom is 0.315 e. The molecular formula is C16H26N4O2. The van der Waals surface area contributed by atoms with Crippen LogP contribution in [0.5, 0.6) is 0 Å². The molecule has 0 aliphatic rings. The minimum absolute atomic E-state index is 0.237. The van der Waals surface area contributed by atoms with E-state index in [4.69, 9.17) is 0 Å². The van der Waals surface area contributed by atoms with Crippen LogP contribution in [0.15, 0.2) is 0 Å². The molecule has 0 aromatic heterocycles. The summed E-state index contributed by atoms with van der Waals surface area (Å²) in [5.41, 5.74) is 0. The lowest BCUT2D eigenvalue weighted by molar-refractivity contribution is 0.240. The third-order valence-corrected chi connectivity index (χ3v) is 2.26. The van der Waals surface area contributed by atoms with Crippen LogP contribution in [0.4, 0.5) is 9.59 Å². The third-order valence-electron chi connectivity index (χ3n) is 2.26. The van der Waals surface area contributed by atoms with E-state index in [1.165, 1.54) is 0 Å². The van der Waals surface area contributed by atoms with Crippen LogP contribution in [0.2, 0.25) is 0 Å². The monoisotopic (exact) mass is 306 g/mol. The number of amides is 4. The van der Waals surface area contributed by atoms with Crippen LogP contribution in [0.25, 0.3) is 0 Å². The van der Waals surface area contributed by atoms with Gasteiger partial charge in [-0.25, -0.2) is 9.59 Å². The lowest BCUT2D eigenvalue weighted by atomic mass is 10.2. The number of rotatable bonds is 6. The fourth-order valence-corrected chi connectivity index (χ4v) is 1.14. The fourth-order valence-electron chi connectivity index (χ4n) is 1.14. The van der Waals surface area contributed by atoms with Crippen molar-refractivity contribution < 1.29 is 9.59 Å². The number of carbonyl (C=O) groups excluding carboxylic acids is 2. The van der Waals surface area contributed by atoms with Gasteiger partial charge >= 0.3 is 12.1 Å². The first-order valence-corrected chi connectivity index (χ1v) is 7.41. The number of carbonyl (C=O) groups is 2. The summed E-state index contributed by atoms with van der Waals surface area (Å²) in [4.78, 5) is 22.6. The lowest BCUT2D eigenvalue weighted by Gasteiger charge is -2.06. The maximum absolute atomic E-state index is 11.3. The predicted octanol–water partition coefficient (Wildman–Crippen LogP) is 0.904. The highest BCUT2D eigenvalue weighted by molar-refractivity contribution is 5.74. The molecule has 0 saturated carbocycles. The van der Waals surface area contributed by atoms with Crippen molar-refractivity contribution >= 4 is 12.1 Å². The van der Waals surface area contributed by atoms with Gasteiger partial charge in [0.05, 0.1) is 13.1 Å². The van der Waals surface area contributed by atoms with E-state index in [1.807, 2.05) is 27.7 Å². The zero-order valence-electron chi connectivity index (χ0n) is 13.8. The summed E-state index contributed by atoms with van der Waals surface area (Å²) < 4.78 is 0. The quantitative estimate of drug-likeness (QED) is 0.550. The van der Waals surface area contributed by atoms with Crippen molar-refractivity contribution in [2.24, 2.45) is 11.8 Å². The molecule has 0 unspecified atom stereocenters. The van der Waals surface area contributed by atoms with E-state index in [2.05, 4.69) is 44.9 Å². The van der Waals surface area contributed by atoms with Crippen molar-refractivity contribution in [1.29, 1.82) is 0 Å². The van der Waals surface area contributed by atoms with E-state index in [0.29, 0.717) is 24.9 Å². The first kappa shape index (κ1) is 19.7. The van der Waals surface area contributed by atoms with E-state index >= 15 is 0 Å². The van der Waals surface area contributed by atoms with Crippen molar-refractivity contribution in [1.82, 2.24) is 21.3 Å².